The maximum Gasteiger partial charge on any atom is 0.339 e. The molecule has 0 fully saturated rings. The molecule has 0 unspecified atom stereocenters. The molecule has 0 amide bonds. The quantitative estimate of drug-likeness (QED) is 0.127. The van der Waals surface area contributed by atoms with Crippen molar-refractivity contribution in [1.82, 2.24) is 4.57 Å². The summed E-state index contributed by atoms with van der Waals surface area (Å²) in [7, 11) is -1.07. The Morgan fingerprint density at radius 2 is 1.67 bits per heavy atom. The van der Waals surface area contributed by atoms with Gasteiger partial charge < -0.3 is 13.7 Å². The number of aromatic nitrogens is 1. The summed E-state index contributed by atoms with van der Waals surface area (Å²) in [5.41, 5.74) is 5.28. The monoisotopic (exact) mass is 681 g/mol. The first-order chi connectivity index (χ1) is 23.2. The molecule has 4 aromatic carbocycles. The lowest BCUT2D eigenvalue weighted by atomic mass is 9.83. The Hall–Kier alpha value is -5.53. The summed E-state index contributed by atoms with van der Waals surface area (Å²) in [6.07, 6.45) is 3.30. The topological polar surface area (TPSA) is 139 Å². The van der Waals surface area contributed by atoms with Gasteiger partial charge in [-0.3, -0.25) is 19.5 Å². The van der Waals surface area contributed by atoms with Crippen LogP contribution >= 0.6 is 11.3 Å². The van der Waals surface area contributed by atoms with Crippen LogP contribution in [0.2, 0.25) is 0 Å². The molecule has 1 aromatic heterocycles. The fourth-order valence-corrected chi connectivity index (χ4v) is 7.96. The van der Waals surface area contributed by atoms with E-state index in [9.17, 15) is 23.3 Å². The number of hydrogen-bond acceptors (Lipinski definition) is 10. The minimum Gasteiger partial charge on any atom is -0.493 e. The molecular weight excluding hydrogens is 655 g/mol. The minimum atomic E-state index is -4.23. The third kappa shape index (κ3) is 5.56. The number of nitro groups is 1. The number of allylic oxidation sites excluding steroid dienone is 1. The summed E-state index contributed by atoms with van der Waals surface area (Å²) in [5.74, 6) is 1.20. The highest BCUT2D eigenvalue weighted by Gasteiger charge is 2.33. The number of hydrogen-bond donors (Lipinski definition) is 0. The zero-order chi connectivity index (χ0) is 33.6. The molecular formula is C35H27N3O8S2. The first-order valence-corrected chi connectivity index (χ1v) is 17.0. The van der Waals surface area contributed by atoms with Crippen molar-refractivity contribution in [3.63, 3.8) is 0 Å². The molecule has 5 aromatic rings. The zero-order valence-electron chi connectivity index (χ0n) is 25.7. The van der Waals surface area contributed by atoms with Gasteiger partial charge in [0.1, 0.15) is 10.6 Å². The van der Waals surface area contributed by atoms with Crippen molar-refractivity contribution in [3.05, 3.63) is 149 Å². The molecule has 13 heteroatoms. The van der Waals surface area contributed by atoms with Crippen molar-refractivity contribution >= 4 is 38.9 Å². The van der Waals surface area contributed by atoms with E-state index in [4.69, 9.17) is 18.6 Å². The van der Waals surface area contributed by atoms with Crippen LogP contribution < -0.4 is 28.5 Å². The van der Waals surface area contributed by atoms with Crippen LogP contribution in [0.25, 0.3) is 11.8 Å². The molecule has 0 spiro atoms. The molecule has 1 aliphatic heterocycles. The number of nitrogens with zero attached hydrogens (tertiary/aromatic N) is 3. The highest BCUT2D eigenvalue weighted by Crippen LogP contribution is 2.42. The molecule has 48 heavy (non-hydrogen) atoms. The van der Waals surface area contributed by atoms with Crippen molar-refractivity contribution in [2.45, 2.75) is 23.8 Å². The maximum atomic E-state index is 14.1. The van der Waals surface area contributed by atoms with Gasteiger partial charge in [-0.15, -0.1) is 0 Å². The number of nitro benzene ring substituents is 1. The summed E-state index contributed by atoms with van der Waals surface area (Å²) in [6.45, 7) is 0. The summed E-state index contributed by atoms with van der Waals surface area (Å²) in [4.78, 5) is 29.8. The lowest BCUT2D eigenvalue weighted by molar-refractivity contribution is -0.384. The molecule has 2 aliphatic rings. The van der Waals surface area contributed by atoms with Gasteiger partial charge in [-0.25, -0.2) is 4.99 Å². The molecule has 0 saturated heterocycles. The van der Waals surface area contributed by atoms with E-state index in [0.29, 0.717) is 26.4 Å². The standard InChI is InChI=1S/C35H27N3O8S2/c1-44-29-18-10-23(20-30(29)45-2)33-28-17-9-22-5-3-4-6-27(22)32(28)36-35-37(33)34(39)31(47-35)19-21-7-13-25(14-8-21)46-48(42,43)26-15-11-24(12-16-26)38(40)41/h3-8,10-16,18-20,33H,9,17H2,1-2H3/b31-19-/t33-/m0/s1. The van der Waals surface area contributed by atoms with Crippen molar-refractivity contribution in [2.75, 3.05) is 14.2 Å². The van der Waals surface area contributed by atoms with Gasteiger partial charge in [0.2, 0.25) is 0 Å². The third-order valence-corrected chi connectivity index (χ3v) is 10.6. The summed E-state index contributed by atoms with van der Waals surface area (Å²) < 4.78 is 44.0. The van der Waals surface area contributed by atoms with Crippen LogP contribution in [0.4, 0.5) is 5.69 Å². The van der Waals surface area contributed by atoms with Gasteiger partial charge in [-0.1, -0.05) is 53.8 Å². The number of fused-ring (bicyclic) bond motifs is 3. The Balaban J connectivity index is 1.27. The van der Waals surface area contributed by atoms with E-state index in [2.05, 4.69) is 12.1 Å². The molecule has 0 radical (unpaired) electrons. The predicted molar refractivity (Wildman–Crippen MR) is 180 cm³/mol. The van der Waals surface area contributed by atoms with Crippen LogP contribution in [-0.4, -0.2) is 32.1 Å². The molecule has 1 aliphatic carbocycles. The van der Waals surface area contributed by atoms with Crippen LogP contribution in [0.15, 0.2) is 111 Å². The Morgan fingerprint density at radius 1 is 0.938 bits per heavy atom. The van der Waals surface area contributed by atoms with Gasteiger partial charge >= 0.3 is 10.1 Å². The van der Waals surface area contributed by atoms with Crippen LogP contribution in [0.1, 0.15) is 34.7 Å². The largest absolute Gasteiger partial charge is 0.493 e. The number of methoxy groups -OCH3 is 2. The summed E-state index contributed by atoms with van der Waals surface area (Å²) >= 11 is 1.28. The van der Waals surface area contributed by atoms with Gasteiger partial charge in [-0.05, 0) is 77.6 Å². The third-order valence-electron chi connectivity index (χ3n) is 8.32. The fourth-order valence-electron chi connectivity index (χ4n) is 6.03. The van der Waals surface area contributed by atoms with Crippen LogP contribution in [-0.2, 0) is 16.5 Å². The Labute approximate surface area is 278 Å². The summed E-state index contributed by atoms with van der Waals surface area (Å²) in [6, 6.07) is 24.2. The molecule has 242 valence electrons. The molecule has 7 rings (SSSR count). The smallest absolute Gasteiger partial charge is 0.339 e. The second-order valence-electron chi connectivity index (χ2n) is 11.1. The molecule has 0 N–H and O–H groups in total. The van der Waals surface area contributed by atoms with Crippen LogP contribution in [0.5, 0.6) is 17.2 Å². The van der Waals surface area contributed by atoms with Gasteiger partial charge in [0, 0.05) is 17.7 Å². The van der Waals surface area contributed by atoms with Crippen LogP contribution in [0, 0.1) is 10.1 Å². The number of benzene rings is 4. The van der Waals surface area contributed by atoms with Gasteiger partial charge in [0.15, 0.2) is 16.3 Å². The molecule has 1 atom stereocenters. The molecule has 0 saturated carbocycles. The van der Waals surface area contributed by atoms with Gasteiger partial charge in [0.25, 0.3) is 11.2 Å². The fraction of sp³-hybridized carbons (Fsp3) is 0.143. The second-order valence-corrected chi connectivity index (χ2v) is 13.6. The van der Waals surface area contributed by atoms with E-state index < -0.39 is 21.1 Å². The second kappa shape index (κ2) is 12.2. The lowest BCUT2D eigenvalue weighted by Gasteiger charge is -2.31. The van der Waals surface area contributed by atoms with Crippen LogP contribution in [0.3, 0.4) is 0 Å². The van der Waals surface area contributed by atoms with Gasteiger partial charge in [-0.2, -0.15) is 8.42 Å². The molecule has 0 bridgehead atoms. The molecule has 2 heterocycles. The first-order valence-electron chi connectivity index (χ1n) is 14.8. The van der Waals surface area contributed by atoms with Crippen molar-refractivity contribution in [2.24, 2.45) is 4.99 Å². The van der Waals surface area contributed by atoms with E-state index in [-0.39, 0.29) is 21.9 Å². The number of ether oxygens (including phenoxy) is 2. The minimum absolute atomic E-state index is 0.0479. The summed E-state index contributed by atoms with van der Waals surface area (Å²) in [5, 5.41) is 10.9. The normalized spacial score (nSPS) is 15.5. The number of thiazole rings is 1. The number of rotatable bonds is 8. The Morgan fingerprint density at radius 3 is 2.38 bits per heavy atom. The van der Waals surface area contributed by atoms with E-state index in [0.717, 1.165) is 59.5 Å². The van der Waals surface area contributed by atoms with E-state index >= 15 is 0 Å². The highest BCUT2D eigenvalue weighted by molar-refractivity contribution is 7.87. The number of aryl methyl sites for hydroxylation is 1. The lowest BCUT2D eigenvalue weighted by Crippen LogP contribution is -2.38. The van der Waals surface area contributed by atoms with E-state index in [1.807, 2.05) is 30.3 Å². The van der Waals surface area contributed by atoms with Crippen molar-refractivity contribution < 1.29 is 27.0 Å². The highest BCUT2D eigenvalue weighted by atomic mass is 32.2. The average molecular weight is 682 g/mol. The Kier molecular flexibility index (Phi) is 7.93. The first kappa shape index (κ1) is 31.1. The van der Waals surface area contributed by atoms with Crippen molar-refractivity contribution in [1.29, 1.82) is 0 Å². The number of non-ortho nitro benzene ring substituents is 1. The van der Waals surface area contributed by atoms with Crippen molar-refractivity contribution in [3.8, 4) is 17.2 Å². The molecule has 11 nitrogen and oxygen atoms in total. The zero-order valence-corrected chi connectivity index (χ0v) is 27.3. The van der Waals surface area contributed by atoms with Gasteiger partial charge in [0.05, 0.1) is 35.4 Å². The SMILES string of the molecule is COc1ccc([C@H]2C3=C(N=c4s/c(=C\c5ccc(OS(=O)(=O)c6ccc([N+](=O)[O-])cc6)cc5)c(=O)n42)c2ccccc2CC3)cc1OC. The average Bonchev–Trinajstić information content (AvgIpc) is 3.41. The maximum absolute atomic E-state index is 14.1. The Bertz CT molecular complexity index is 2410. The predicted octanol–water partition coefficient (Wildman–Crippen LogP) is 5.01. The van der Waals surface area contributed by atoms with E-state index in [1.165, 1.54) is 29.0 Å². The van der Waals surface area contributed by atoms with E-state index in [1.54, 1.807) is 37.0 Å².